The van der Waals surface area contributed by atoms with Gasteiger partial charge < -0.3 is 10.2 Å². The van der Waals surface area contributed by atoms with Crippen LogP contribution in [0.3, 0.4) is 0 Å². The minimum absolute atomic E-state index is 0.00452. The Morgan fingerprint density at radius 1 is 1.25 bits per heavy atom. The van der Waals surface area contributed by atoms with Crippen LogP contribution >= 0.6 is 11.3 Å². The number of benzene rings is 1. The highest BCUT2D eigenvalue weighted by Crippen LogP contribution is 2.38. The van der Waals surface area contributed by atoms with E-state index in [1.54, 1.807) is 19.9 Å². The Hall–Kier alpha value is -3.22. The van der Waals surface area contributed by atoms with Gasteiger partial charge in [-0.25, -0.2) is 28.1 Å². The molecule has 1 aliphatic rings. The van der Waals surface area contributed by atoms with Crippen molar-refractivity contribution in [2.24, 2.45) is 5.92 Å². The Morgan fingerprint density at radius 2 is 2.00 bits per heavy atom. The lowest BCUT2D eigenvalue weighted by Crippen LogP contribution is -2.57. The van der Waals surface area contributed by atoms with E-state index in [4.69, 9.17) is 0 Å². The molecule has 3 heterocycles. The topological polar surface area (TPSA) is 71.0 Å². The summed E-state index contributed by atoms with van der Waals surface area (Å²) in [6.45, 7) is 2.31. The van der Waals surface area contributed by atoms with Gasteiger partial charge in [-0.1, -0.05) is 19.1 Å². The third kappa shape index (κ3) is 5.61. The van der Waals surface area contributed by atoms with Crippen LogP contribution in [0.2, 0.25) is 0 Å². The van der Waals surface area contributed by atoms with Crippen molar-refractivity contribution in [2.45, 2.75) is 38.4 Å². The summed E-state index contributed by atoms with van der Waals surface area (Å²) in [6.07, 6.45) is -3.67. The average molecular weight is 530 g/mol. The van der Waals surface area contributed by atoms with Gasteiger partial charge in [0.15, 0.2) is 5.69 Å². The van der Waals surface area contributed by atoms with Crippen LogP contribution in [0, 0.1) is 18.7 Å². The van der Waals surface area contributed by atoms with Crippen molar-refractivity contribution in [3.8, 4) is 10.4 Å². The summed E-state index contributed by atoms with van der Waals surface area (Å²) in [6, 6.07) is 4.81. The van der Waals surface area contributed by atoms with Gasteiger partial charge in [0.25, 0.3) is 11.8 Å². The van der Waals surface area contributed by atoms with E-state index in [1.165, 1.54) is 18.2 Å². The molecular formula is C23H21F6N5OS. The number of amides is 1. The zero-order valence-corrected chi connectivity index (χ0v) is 19.9. The number of nitrogens with one attached hydrogen (secondary N) is 1. The zero-order chi connectivity index (χ0) is 26.3. The fourth-order valence-electron chi connectivity index (χ4n) is 4.19. The molecule has 0 aliphatic carbocycles. The molecule has 1 amide bonds. The normalized spacial score (nSPS) is 19.8. The van der Waals surface area contributed by atoms with Crippen LogP contribution in [0.4, 0.5) is 32.2 Å². The number of aryl methyl sites for hydroxylation is 1. The van der Waals surface area contributed by atoms with Crippen LogP contribution in [0.15, 0.2) is 36.7 Å². The predicted molar refractivity (Wildman–Crippen MR) is 121 cm³/mol. The maximum atomic E-state index is 14.5. The quantitative estimate of drug-likeness (QED) is 0.432. The number of likely N-dealkylation sites (tertiary alicyclic amines) is 1. The Balaban J connectivity index is 1.61. The summed E-state index contributed by atoms with van der Waals surface area (Å²) in [5.74, 6) is -5.07. The maximum absolute atomic E-state index is 14.5. The average Bonchev–Trinajstić information content (AvgIpc) is 3.18. The Labute approximate surface area is 206 Å². The van der Waals surface area contributed by atoms with Crippen molar-refractivity contribution < 1.29 is 31.1 Å². The molecule has 2 aromatic heterocycles. The highest BCUT2D eigenvalue weighted by atomic mass is 32.1. The lowest BCUT2D eigenvalue weighted by Gasteiger charge is -2.43. The molecule has 1 saturated heterocycles. The third-order valence-corrected chi connectivity index (χ3v) is 6.82. The van der Waals surface area contributed by atoms with E-state index in [1.807, 2.05) is 0 Å². The monoisotopic (exact) mass is 529 g/mol. The maximum Gasteiger partial charge on any atom is 0.434 e. The summed E-state index contributed by atoms with van der Waals surface area (Å²) in [4.78, 5) is 26.2. The van der Waals surface area contributed by atoms with Crippen molar-refractivity contribution in [3.63, 3.8) is 0 Å². The van der Waals surface area contributed by atoms with Gasteiger partial charge in [-0.3, -0.25) is 4.79 Å². The molecule has 1 unspecified atom stereocenters. The second-order valence-corrected chi connectivity index (χ2v) is 9.83. The summed E-state index contributed by atoms with van der Waals surface area (Å²) in [5, 5.41) is 3.30. The molecule has 192 valence electrons. The van der Waals surface area contributed by atoms with Gasteiger partial charge in [-0.15, -0.1) is 11.3 Å². The number of hydrogen-bond donors (Lipinski definition) is 1. The molecule has 1 aromatic carbocycles. The van der Waals surface area contributed by atoms with Gasteiger partial charge in [-0.05, 0) is 30.5 Å². The molecule has 4 rings (SSSR count). The molecule has 13 heteroatoms. The number of hydrogen-bond acceptors (Lipinski definition) is 6. The fourth-order valence-corrected chi connectivity index (χ4v) is 5.09. The van der Waals surface area contributed by atoms with Gasteiger partial charge >= 0.3 is 6.18 Å². The van der Waals surface area contributed by atoms with Crippen molar-refractivity contribution >= 4 is 23.1 Å². The Kier molecular flexibility index (Phi) is 6.95. The fraction of sp³-hybridized carbons (Fsp3) is 0.391. The van der Waals surface area contributed by atoms with E-state index in [0.717, 1.165) is 22.4 Å². The lowest BCUT2D eigenvalue weighted by molar-refractivity contribution is -0.141. The highest BCUT2D eigenvalue weighted by Gasteiger charge is 2.47. The Morgan fingerprint density at radius 3 is 2.64 bits per heavy atom. The van der Waals surface area contributed by atoms with Gasteiger partial charge in [0.05, 0.1) is 34.9 Å². The minimum atomic E-state index is -4.65. The number of rotatable bonds is 5. The van der Waals surface area contributed by atoms with E-state index in [9.17, 15) is 31.1 Å². The number of anilines is 1. The first-order valence-corrected chi connectivity index (χ1v) is 11.7. The molecule has 1 aliphatic heterocycles. The minimum Gasteiger partial charge on any atom is -0.367 e. The molecule has 36 heavy (non-hydrogen) atoms. The molecule has 1 N–H and O–H groups in total. The Bertz CT molecular complexity index is 1250. The van der Waals surface area contributed by atoms with Gasteiger partial charge in [0, 0.05) is 13.0 Å². The number of carbonyl (C=O) groups excluding carboxylic acids is 1. The summed E-state index contributed by atoms with van der Waals surface area (Å²) in [7, 11) is 0. The molecule has 1 fully saturated rings. The first kappa shape index (κ1) is 25.9. The number of thiazole rings is 1. The highest BCUT2D eigenvalue weighted by molar-refractivity contribution is 7.15. The van der Waals surface area contributed by atoms with E-state index in [2.05, 4.69) is 20.3 Å². The molecule has 2 atom stereocenters. The number of nitrogens with zero attached hydrogens (tertiary/aromatic N) is 4. The number of carbonyl (C=O) groups is 1. The van der Waals surface area contributed by atoms with E-state index >= 15 is 0 Å². The van der Waals surface area contributed by atoms with Gasteiger partial charge in [-0.2, -0.15) is 13.2 Å². The van der Waals surface area contributed by atoms with Crippen LogP contribution in [0.25, 0.3) is 10.4 Å². The van der Waals surface area contributed by atoms with Gasteiger partial charge in [0.2, 0.25) is 0 Å². The molecule has 0 radical (unpaired) electrons. The summed E-state index contributed by atoms with van der Waals surface area (Å²) < 4.78 is 81.1. The molecule has 0 bridgehead atoms. The van der Waals surface area contributed by atoms with Crippen molar-refractivity contribution in [1.82, 2.24) is 19.9 Å². The number of alkyl halides is 5. The first-order chi connectivity index (χ1) is 16.8. The first-order valence-electron chi connectivity index (χ1n) is 10.9. The molecule has 3 aromatic rings. The number of aromatic nitrogens is 3. The van der Waals surface area contributed by atoms with Crippen LogP contribution in [0.5, 0.6) is 0 Å². The van der Waals surface area contributed by atoms with Crippen LogP contribution in [-0.4, -0.2) is 50.8 Å². The third-order valence-electron chi connectivity index (χ3n) is 5.80. The molecule has 0 spiro atoms. The largest absolute Gasteiger partial charge is 0.434 e. The second-order valence-electron chi connectivity index (χ2n) is 8.62. The number of halogens is 6. The van der Waals surface area contributed by atoms with Crippen molar-refractivity contribution in [3.05, 3.63) is 58.9 Å². The standard InChI is InChI=1S/C23H21F6N5OS/c1-12-7-22(25,26)11-34(16(12)8-31-18-10-30-17(9-32-18)23(27,28)29)21(35)19-20(36-13(2)33-19)14-4-3-5-15(24)6-14/h3-6,9-10,12,16H,7-8,11H2,1-2H3,(H,31,32)/t12-,16?/m1/s1. The molecule has 0 saturated carbocycles. The smallest absolute Gasteiger partial charge is 0.367 e. The van der Waals surface area contributed by atoms with Crippen LogP contribution in [-0.2, 0) is 6.18 Å². The molecule has 6 nitrogen and oxygen atoms in total. The SMILES string of the molecule is Cc1nc(C(=O)N2CC(F)(F)C[C@@H](C)C2CNc2cnc(C(F)(F)F)cn2)c(-c2cccc(F)c2)s1. The lowest BCUT2D eigenvalue weighted by atomic mass is 9.88. The van der Waals surface area contributed by atoms with Crippen molar-refractivity contribution in [1.29, 1.82) is 0 Å². The molecular weight excluding hydrogens is 508 g/mol. The van der Waals surface area contributed by atoms with Crippen LogP contribution in [0.1, 0.15) is 34.5 Å². The van der Waals surface area contributed by atoms with Crippen LogP contribution < -0.4 is 5.32 Å². The van der Waals surface area contributed by atoms with Gasteiger partial charge in [0.1, 0.15) is 17.3 Å². The van der Waals surface area contributed by atoms with Crippen molar-refractivity contribution in [2.75, 3.05) is 18.4 Å². The van der Waals surface area contributed by atoms with E-state index in [0.29, 0.717) is 21.6 Å². The van der Waals surface area contributed by atoms with E-state index < -0.39 is 54.4 Å². The second kappa shape index (κ2) is 9.68. The summed E-state index contributed by atoms with van der Waals surface area (Å²) in [5.41, 5.74) is -0.831. The summed E-state index contributed by atoms with van der Waals surface area (Å²) >= 11 is 1.15. The number of piperidine rings is 1. The predicted octanol–water partition coefficient (Wildman–Crippen LogP) is 5.66. The zero-order valence-electron chi connectivity index (χ0n) is 19.1. The van der Waals surface area contributed by atoms with E-state index in [-0.39, 0.29) is 18.1 Å².